The average molecular weight is 373 g/mol. The van der Waals surface area contributed by atoms with E-state index in [9.17, 15) is 4.79 Å². The van der Waals surface area contributed by atoms with Gasteiger partial charge in [-0.15, -0.1) is 0 Å². The molecule has 0 amide bonds. The van der Waals surface area contributed by atoms with Crippen LogP contribution in [0, 0.1) is 17.3 Å². The molecule has 4 aliphatic carbocycles. The van der Waals surface area contributed by atoms with Crippen molar-refractivity contribution in [3.8, 4) is 0 Å². The third kappa shape index (κ3) is 3.70. The summed E-state index contributed by atoms with van der Waals surface area (Å²) >= 11 is 0. The van der Waals surface area contributed by atoms with Crippen LogP contribution in [-0.4, -0.2) is 30.2 Å². The maximum atomic E-state index is 11.8. The molecule has 0 bridgehead atoms. The Morgan fingerprint density at radius 2 is 1.93 bits per heavy atom. The summed E-state index contributed by atoms with van der Waals surface area (Å²) in [4.78, 5) is 11.8. The van der Waals surface area contributed by atoms with E-state index in [0.717, 1.165) is 57.0 Å². The van der Waals surface area contributed by atoms with Gasteiger partial charge in [-0.25, -0.2) is 0 Å². The average Bonchev–Trinajstić information content (AvgIpc) is 3.00. The van der Waals surface area contributed by atoms with E-state index in [-0.39, 0.29) is 0 Å². The Bertz CT molecular complexity index is 632. The lowest BCUT2D eigenvalue weighted by Crippen LogP contribution is -2.43. The van der Waals surface area contributed by atoms with E-state index < -0.39 is 0 Å². The molecule has 0 aromatic carbocycles. The minimum absolute atomic E-state index is 0.313. The lowest BCUT2D eigenvalue weighted by molar-refractivity contribution is -0.114. The molecule has 4 aliphatic rings. The van der Waals surface area contributed by atoms with Gasteiger partial charge >= 0.3 is 0 Å². The Morgan fingerprint density at radius 3 is 2.78 bits per heavy atom. The summed E-state index contributed by atoms with van der Waals surface area (Å²) in [6.07, 6.45) is 15.8. The smallest absolute Gasteiger partial charge is 0.156 e. The molecule has 0 aliphatic heterocycles. The maximum Gasteiger partial charge on any atom is 0.156 e. The summed E-state index contributed by atoms with van der Waals surface area (Å²) < 4.78 is 6.42. The largest absolute Gasteiger partial charge is 0.396 e. The van der Waals surface area contributed by atoms with Gasteiger partial charge in [-0.3, -0.25) is 4.79 Å². The zero-order valence-electron chi connectivity index (χ0n) is 17.0. The Morgan fingerprint density at radius 1 is 1.07 bits per heavy atom. The predicted octanol–water partition coefficient (Wildman–Crippen LogP) is 5.13. The van der Waals surface area contributed by atoms with Crippen LogP contribution in [0.1, 0.15) is 84.0 Å². The number of rotatable bonds is 7. The predicted molar refractivity (Wildman–Crippen MR) is 107 cm³/mol. The maximum absolute atomic E-state index is 11.8. The van der Waals surface area contributed by atoms with Gasteiger partial charge in [0.15, 0.2) is 5.78 Å². The quantitative estimate of drug-likeness (QED) is 0.630. The molecule has 0 radical (unpaired) electrons. The van der Waals surface area contributed by atoms with Crippen LogP contribution < -0.4 is 0 Å². The molecule has 0 saturated heterocycles. The minimum atomic E-state index is 0.313. The van der Waals surface area contributed by atoms with Gasteiger partial charge in [0.2, 0.25) is 0 Å². The molecular weight excluding hydrogens is 336 g/mol. The number of hydrogen-bond acceptors (Lipinski definition) is 3. The number of aliphatic hydroxyl groups excluding tert-OH is 1. The Hall–Kier alpha value is -0.930. The van der Waals surface area contributed by atoms with Gasteiger partial charge in [0.05, 0.1) is 6.10 Å². The van der Waals surface area contributed by atoms with Gasteiger partial charge in [-0.2, -0.15) is 0 Å². The molecule has 150 valence electrons. The van der Waals surface area contributed by atoms with Gasteiger partial charge in [0.25, 0.3) is 0 Å². The monoisotopic (exact) mass is 372 g/mol. The topological polar surface area (TPSA) is 46.5 Å². The van der Waals surface area contributed by atoms with Crippen molar-refractivity contribution in [3.63, 3.8) is 0 Å². The number of aliphatic hydroxyl groups is 1. The van der Waals surface area contributed by atoms with E-state index in [1.165, 1.54) is 44.1 Å². The van der Waals surface area contributed by atoms with Crippen LogP contribution >= 0.6 is 0 Å². The molecule has 2 fully saturated rings. The first-order chi connectivity index (χ1) is 13.1. The molecule has 27 heavy (non-hydrogen) atoms. The number of ether oxygens (including phenoxy) is 1. The number of carbonyl (C=O) groups excluding carboxylic acids is 1. The first-order valence-electron chi connectivity index (χ1n) is 11.3. The van der Waals surface area contributed by atoms with Crippen LogP contribution in [0.15, 0.2) is 22.8 Å². The molecule has 4 rings (SSSR count). The highest BCUT2D eigenvalue weighted by atomic mass is 16.5. The van der Waals surface area contributed by atoms with Gasteiger partial charge in [0, 0.05) is 19.6 Å². The molecular formula is C24H36O3. The highest BCUT2D eigenvalue weighted by molar-refractivity contribution is 5.93. The number of unbranched alkanes of at least 4 members (excludes halogenated alkanes) is 3. The van der Waals surface area contributed by atoms with Gasteiger partial charge in [-0.1, -0.05) is 25.3 Å². The molecule has 0 aromatic heterocycles. The first kappa shape index (κ1) is 19.4. The second-order valence-corrected chi connectivity index (χ2v) is 9.47. The fourth-order valence-electron chi connectivity index (χ4n) is 6.55. The van der Waals surface area contributed by atoms with Gasteiger partial charge < -0.3 is 9.84 Å². The van der Waals surface area contributed by atoms with Crippen LogP contribution in [0.4, 0.5) is 0 Å². The van der Waals surface area contributed by atoms with E-state index in [0.29, 0.717) is 23.9 Å². The third-order valence-electron chi connectivity index (χ3n) is 8.02. The van der Waals surface area contributed by atoms with Crippen LogP contribution in [0.5, 0.6) is 0 Å². The zero-order chi connectivity index (χ0) is 18.9. The molecule has 1 N–H and O–H groups in total. The summed E-state index contributed by atoms with van der Waals surface area (Å²) in [7, 11) is 0. The molecule has 3 nitrogen and oxygen atoms in total. The van der Waals surface area contributed by atoms with Crippen LogP contribution in [0.3, 0.4) is 0 Å². The molecule has 2 saturated carbocycles. The van der Waals surface area contributed by atoms with Crippen molar-refractivity contribution < 1.29 is 14.6 Å². The highest BCUT2D eigenvalue weighted by Gasteiger charge is 2.54. The molecule has 4 atom stereocenters. The summed E-state index contributed by atoms with van der Waals surface area (Å²) in [6.45, 7) is 3.69. The van der Waals surface area contributed by atoms with Crippen LogP contribution in [0.2, 0.25) is 0 Å². The summed E-state index contributed by atoms with van der Waals surface area (Å²) in [6, 6.07) is 0. The molecule has 0 unspecified atom stereocenters. The van der Waals surface area contributed by atoms with Crippen molar-refractivity contribution >= 4 is 5.78 Å². The lowest BCUT2D eigenvalue weighted by atomic mass is 9.57. The summed E-state index contributed by atoms with van der Waals surface area (Å²) in [5, 5.41) is 8.88. The minimum Gasteiger partial charge on any atom is -0.396 e. The molecule has 0 heterocycles. The van der Waals surface area contributed by atoms with Crippen molar-refractivity contribution in [1.29, 1.82) is 0 Å². The summed E-state index contributed by atoms with van der Waals surface area (Å²) in [5.41, 5.74) is 4.99. The Labute approximate surface area is 164 Å². The highest BCUT2D eigenvalue weighted by Crippen LogP contribution is 2.60. The van der Waals surface area contributed by atoms with E-state index in [4.69, 9.17) is 9.84 Å². The normalized spacial score (nSPS) is 35.6. The Balaban J connectivity index is 1.41. The van der Waals surface area contributed by atoms with Crippen molar-refractivity contribution in [2.45, 2.75) is 90.1 Å². The molecule has 0 aromatic rings. The number of hydrogen-bond donors (Lipinski definition) is 1. The standard InChI is InChI=1S/C24H36O3/c1-24-13-12-20-19-9-7-18(26)16-17(19)6-8-21(20)22(24)10-11-23(24)27-15-5-3-2-4-14-25/h16,21-23,25H,2-15H2,1H3/t21-,22+,23+,24+/m1/s1. The number of carbonyl (C=O) groups is 1. The third-order valence-corrected chi connectivity index (χ3v) is 8.02. The SMILES string of the molecule is C[C@]12CCC3=C4CCC(=O)C=C4CC[C@H]3[C@@H]1CC[C@@H]2OCCCCCCO. The Kier molecular flexibility index (Phi) is 5.89. The summed E-state index contributed by atoms with van der Waals surface area (Å²) in [5.74, 6) is 1.84. The number of allylic oxidation sites excluding steroid dienone is 4. The van der Waals surface area contributed by atoms with Crippen molar-refractivity contribution in [1.82, 2.24) is 0 Å². The van der Waals surface area contributed by atoms with E-state index in [2.05, 4.69) is 6.92 Å². The molecule has 3 heteroatoms. The van der Waals surface area contributed by atoms with E-state index in [1.807, 2.05) is 6.08 Å². The van der Waals surface area contributed by atoms with Crippen LogP contribution in [0.25, 0.3) is 0 Å². The molecule has 0 spiro atoms. The number of ketones is 1. The fourth-order valence-corrected chi connectivity index (χ4v) is 6.55. The van der Waals surface area contributed by atoms with Crippen molar-refractivity contribution in [2.24, 2.45) is 17.3 Å². The number of fused-ring (bicyclic) bond motifs is 4. The van der Waals surface area contributed by atoms with Crippen LogP contribution in [-0.2, 0) is 9.53 Å². The van der Waals surface area contributed by atoms with Crippen molar-refractivity contribution in [2.75, 3.05) is 13.2 Å². The van der Waals surface area contributed by atoms with Crippen molar-refractivity contribution in [3.05, 3.63) is 22.8 Å². The van der Waals surface area contributed by atoms with E-state index >= 15 is 0 Å². The lowest BCUT2D eigenvalue weighted by Gasteiger charge is -2.49. The van der Waals surface area contributed by atoms with Gasteiger partial charge in [0.1, 0.15) is 0 Å². The van der Waals surface area contributed by atoms with Gasteiger partial charge in [-0.05, 0) is 92.3 Å². The second kappa shape index (κ2) is 8.21. The fraction of sp³-hybridized carbons (Fsp3) is 0.792. The zero-order valence-corrected chi connectivity index (χ0v) is 17.0. The second-order valence-electron chi connectivity index (χ2n) is 9.47. The van der Waals surface area contributed by atoms with E-state index in [1.54, 1.807) is 11.1 Å². The first-order valence-corrected chi connectivity index (χ1v) is 11.3.